The Bertz CT molecular complexity index is 1100. The minimum absolute atomic E-state index is 0. The number of aromatic nitrogens is 2. The van der Waals surface area contributed by atoms with Gasteiger partial charge in [-0.1, -0.05) is 24.3 Å². The van der Waals surface area contributed by atoms with E-state index in [1.165, 1.54) is 4.90 Å². The maximum atomic E-state index is 12.8. The molecule has 8 nitrogen and oxygen atoms in total. The second-order valence-corrected chi connectivity index (χ2v) is 9.26. The topological polar surface area (TPSA) is 91.6 Å². The first kappa shape index (κ1) is 24.7. The van der Waals surface area contributed by atoms with Crippen molar-refractivity contribution in [2.24, 2.45) is 28.7 Å². The minimum Gasteiger partial charge on any atom is -0.356 e. The summed E-state index contributed by atoms with van der Waals surface area (Å²) in [7, 11) is 1.75. The lowest BCUT2D eigenvalue weighted by Gasteiger charge is -2.18. The van der Waals surface area contributed by atoms with Crippen molar-refractivity contribution >= 4 is 52.8 Å². The van der Waals surface area contributed by atoms with Gasteiger partial charge in [0.05, 0.1) is 22.9 Å². The number of carbonyl (C=O) groups is 2. The first-order valence-corrected chi connectivity index (χ1v) is 12.0. The number of hydrogen-bond acceptors (Lipinski definition) is 4. The lowest BCUT2D eigenvalue weighted by molar-refractivity contribution is -0.140. The molecule has 2 aliphatic carbocycles. The van der Waals surface area contributed by atoms with Gasteiger partial charge in [-0.25, -0.2) is 4.98 Å². The summed E-state index contributed by atoms with van der Waals surface area (Å²) in [6, 6.07) is 8.20. The van der Waals surface area contributed by atoms with Crippen LogP contribution in [-0.2, 0) is 16.1 Å². The molecule has 0 radical (unpaired) electrons. The number of amides is 2. The van der Waals surface area contributed by atoms with Gasteiger partial charge in [-0.3, -0.25) is 19.5 Å². The van der Waals surface area contributed by atoms with Crippen LogP contribution >= 0.6 is 24.0 Å². The summed E-state index contributed by atoms with van der Waals surface area (Å²) in [5, 5.41) is 6.64. The lowest BCUT2D eigenvalue weighted by atomic mass is 9.85. The molecule has 1 saturated heterocycles. The van der Waals surface area contributed by atoms with Gasteiger partial charge in [0, 0.05) is 33.2 Å². The molecule has 182 valence electrons. The highest BCUT2D eigenvalue weighted by atomic mass is 127. The molecule has 3 aliphatic rings. The van der Waals surface area contributed by atoms with Crippen molar-refractivity contribution in [3.63, 3.8) is 0 Å². The summed E-state index contributed by atoms with van der Waals surface area (Å²) >= 11 is 0. The number of carbonyl (C=O) groups excluding carboxylic acids is 2. The molecule has 2 aromatic rings. The molecule has 2 heterocycles. The number of nitrogens with zero attached hydrogens (tertiary/aromatic N) is 4. The fourth-order valence-corrected chi connectivity index (χ4v) is 5.77. The van der Waals surface area contributed by atoms with E-state index < -0.39 is 0 Å². The van der Waals surface area contributed by atoms with Crippen molar-refractivity contribution in [2.45, 2.75) is 32.7 Å². The van der Waals surface area contributed by atoms with Crippen molar-refractivity contribution in [1.29, 1.82) is 0 Å². The van der Waals surface area contributed by atoms with Gasteiger partial charge < -0.3 is 15.2 Å². The minimum atomic E-state index is -0.105. The molecule has 5 rings (SSSR count). The predicted molar refractivity (Wildman–Crippen MR) is 143 cm³/mol. The van der Waals surface area contributed by atoms with Crippen LogP contribution in [0.2, 0.25) is 0 Å². The van der Waals surface area contributed by atoms with Crippen LogP contribution < -0.4 is 10.6 Å². The van der Waals surface area contributed by atoms with E-state index >= 15 is 0 Å². The van der Waals surface area contributed by atoms with Crippen LogP contribution in [0.1, 0.15) is 25.1 Å². The summed E-state index contributed by atoms with van der Waals surface area (Å²) in [4.78, 5) is 35.9. The molecule has 9 heteroatoms. The number of halogens is 1. The van der Waals surface area contributed by atoms with Crippen LogP contribution in [0.5, 0.6) is 0 Å². The molecular weight excluding hydrogens is 543 g/mol. The molecule has 0 spiro atoms. The number of benzene rings is 1. The molecule has 34 heavy (non-hydrogen) atoms. The maximum Gasteiger partial charge on any atom is 0.233 e. The van der Waals surface area contributed by atoms with Crippen LogP contribution in [0.3, 0.4) is 0 Å². The van der Waals surface area contributed by atoms with Crippen LogP contribution in [0.25, 0.3) is 11.0 Å². The number of aliphatic imine (C=N–C) groups is 1. The summed E-state index contributed by atoms with van der Waals surface area (Å²) in [6.07, 6.45) is 6.89. The number of imide groups is 1. The number of allylic oxidation sites excluding steroid dienone is 2. The van der Waals surface area contributed by atoms with Crippen LogP contribution in [-0.4, -0.2) is 58.9 Å². The van der Waals surface area contributed by atoms with Crippen molar-refractivity contribution < 1.29 is 9.59 Å². The maximum absolute atomic E-state index is 12.8. The van der Waals surface area contributed by atoms with Gasteiger partial charge in [0.2, 0.25) is 11.8 Å². The van der Waals surface area contributed by atoms with Gasteiger partial charge in [0.25, 0.3) is 0 Å². The summed E-state index contributed by atoms with van der Waals surface area (Å²) < 4.78 is 2.24. The third-order valence-corrected chi connectivity index (χ3v) is 7.33. The number of guanidine groups is 1. The quantitative estimate of drug-likeness (QED) is 0.126. The van der Waals surface area contributed by atoms with Crippen LogP contribution in [0, 0.1) is 30.6 Å². The largest absolute Gasteiger partial charge is 0.356 e. The standard InChI is InChI=1S/C25H32N6O2.HI/c1-16-29-19-7-3-4-8-20(19)30(16)13-5-11-27-25(26-2)28-12-6-14-31-23(32)21-17-9-10-18(15-17)22(21)24(31)33;/h3-4,7-10,17-18,21-22H,5-6,11-15H2,1-2H3,(H2,26,27,28);1H. The summed E-state index contributed by atoms with van der Waals surface area (Å²) in [5.74, 6) is 2.16. The lowest BCUT2D eigenvalue weighted by Crippen LogP contribution is -2.40. The van der Waals surface area contributed by atoms with Crippen molar-refractivity contribution in [3.8, 4) is 0 Å². The zero-order chi connectivity index (χ0) is 22.9. The Balaban J connectivity index is 0.00000274. The fourth-order valence-electron chi connectivity index (χ4n) is 5.77. The molecule has 2 amide bonds. The average molecular weight is 576 g/mol. The number of hydrogen-bond donors (Lipinski definition) is 2. The molecule has 2 bridgehead atoms. The van der Waals surface area contributed by atoms with E-state index in [2.05, 4.69) is 43.4 Å². The van der Waals surface area contributed by atoms with Gasteiger partial charge in [-0.2, -0.15) is 0 Å². The van der Waals surface area contributed by atoms with Gasteiger partial charge in [-0.15, -0.1) is 24.0 Å². The molecule has 1 aromatic heterocycles. The van der Waals surface area contributed by atoms with Gasteiger partial charge in [0.1, 0.15) is 5.82 Å². The number of likely N-dealkylation sites (tertiary alicyclic amines) is 1. The smallest absolute Gasteiger partial charge is 0.233 e. The Morgan fingerprint density at radius 3 is 2.29 bits per heavy atom. The molecule has 4 unspecified atom stereocenters. The van der Waals surface area contributed by atoms with E-state index in [4.69, 9.17) is 0 Å². The molecule has 2 N–H and O–H groups in total. The monoisotopic (exact) mass is 576 g/mol. The highest BCUT2D eigenvalue weighted by molar-refractivity contribution is 14.0. The van der Waals surface area contributed by atoms with E-state index in [-0.39, 0.29) is 59.5 Å². The number of aryl methyl sites for hydroxylation is 2. The molecule has 1 saturated carbocycles. The average Bonchev–Trinajstić information content (AvgIpc) is 3.56. The van der Waals surface area contributed by atoms with Crippen LogP contribution in [0.4, 0.5) is 0 Å². The molecular formula is C25H33IN6O2. The first-order valence-electron chi connectivity index (χ1n) is 12.0. The van der Waals surface area contributed by atoms with E-state index in [9.17, 15) is 9.59 Å². The van der Waals surface area contributed by atoms with Gasteiger partial charge >= 0.3 is 0 Å². The normalized spacial score (nSPS) is 25.2. The third-order valence-electron chi connectivity index (χ3n) is 7.33. The van der Waals surface area contributed by atoms with Crippen LogP contribution in [0.15, 0.2) is 41.4 Å². The number of imidazole rings is 1. The second kappa shape index (κ2) is 10.5. The highest BCUT2D eigenvalue weighted by Crippen LogP contribution is 2.52. The summed E-state index contributed by atoms with van der Waals surface area (Å²) in [5.41, 5.74) is 2.19. The highest BCUT2D eigenvalue weighted by Gasteiger charge is 2.58. The molecule has 2 fully saturated rings. The predicted octanol–water partition coefficient (Wildman–Crippen LogP) is 2.72. The number of nitrogens with one attached hydrogen (secondary N) is 2. The Morgan fingerprint density at radius 1 is 1.03 bits per heavy atom. The number of fused-ring (bicyclic) bond motifs is 6. The SMILES string of the molecule is CN=C(NCCCN1C(=O)C2C3C=CC(C3)C2C1=O)NCCCn1c(C)nc2ccccc21.I. The fraction of sp³-hybridized carbons (Fsp3) is 0.520. The van der Waals surface area contributed by atoms with E-state index in [0.717, 1.165) is 48.7 Å². The molecule has 1 aromatic carbocycles. The molecule has 4 atom stereocenters. The third kappa shape index (κ3) is 4.46. The van der Waals surface area contributed by atoms with E-state index in [1.54, 1.807) is 7.05 Å². The zero-order valence-electron chi connectivity index (χ0n) is 19.7. The number of para-hydroxylation sites is 2. The van der Waals surface area contributed by atoms with Crippen molar-refractivity contribution in [2.75, 3.05) is 26.7 Å². The summed E-state index contributed by atoms with van der Waals surface area (Å²) in [6.45, 7) is 4.84. The van der Waals surface area contributed by atoms with E-state index in [1.807, 2.05) is 25.1 Å². The van der Waals surface area contributed by atoms with Gasteiger partial charge in [0.15, 0.2) is 5.96 Å². The van der Waals surface area contributed by atoms with Gasteiger partial charge in [-0.05, 0) is 50.2 Å². The Hall–Kier alpha value is -2.43. The zero-order valence-corrected chi connectivity index (χ0v) is 22.1. The number of rotatable bonds is 8. The Kier molecular flexibility index (Phi) is 7.59. The van der Waals surface area contributed by atoms with Crippen molar-refractivity contribution in [3.05, 3.63) is 42.2 Å². The van der Waals surface area contributed by atoms with E-state index in [0.29, 0.717) is 19.5 Å². The molecule has 1 aliphatic heterocycles. The Morgan fingerprint density at radius 2 is 1.65 bits per heavy atom. The first-order chi connectivity index (χ1) is 16.1. The Labute approximate surface area is 217 Å². The van der Waals surface area contributed by atoms with Crippen molar-refractivity contribution in [1.82, 2.24) is 25.1 Å². The second-order valence-electron chi connectivity index (χ2n) is 9.26.